The second-order valence-corrected chi connectivity index (χ2v) is 12.9. The lowest BCUT2D eigenvalue weighted by Crippen LogP contribution is -2.40. The van der Waals surface area contributed by atoms with E-state index in [1.54, 1.807) is 6.07 Å². The zero-order valence-electron chi connectivity index (χ0n) is 26.2. The number of dihydropyridines is 1. The fraction of sp³-hybridized carbons (Fsp3) is 0.500. The number of aromatic nitrogens is 1. The Bertz CT molecular complexity index is 1450. The molecule has 0 spiro atoms. The number of carbonyl (C=O) groups excluding carboxylic acids is 2. The van der Waals surface area contributed by atoms with Crippen molar-refractivity contribution in [1.82, 2.24) is 10.3 Å². The first-order valence-corrected chi connectivity index (χ1v) is 16.3. The molecule has 242 valence electrons. The Hall–Kier alpha value is -3.82. The number of phenolic OH excluding ortho intramolecular Hbond substituents is 1. The summed E-state index contributed by atoms with van der Waals surface area (Å²) in [7, 11) is 1.47. The molecule has 1 aromatic carbocycles. The zero-order valence-corrected chi connectivity index (χ0v) is 26.2. The monoisotopic (exact) mass is 617 g/mol. The molecule has 7 N–H and O–H groups in total. The van der Waals surface area contributed by atoms with Gasteiger partial charge in [0, 0.05) is 53.7 Å². The zero-order chi connectivity index (χ0) is 32.0. The van der Waals surface area contributed by atoms with Crippen LogP contribution in [0.25, 0.3) is 0 Å². The number of nitrogens with two attached hydrogens (primary N) is 1. The Morgan fingerprint density at radius 2 is 1.93 bits per heavy atom. The van der Waals surface area contributed by atoms with Gasteiger partial charge in [-0.05, 0) is 54.5 Å². The van der Waals surface area contributed by atoms with E-state index in [1.807, 2.05) is 42.6 Å². The van der Waals surface area contributed by atoms with Crippen LogP contribution in [0.15, 0.2) is 65.7 Å². The molecule has 1 aromatic heterocycles. The van der Waals surface area contributed by atoms with Crippen LogP contribution in [0.5, 0.6) is 11.5 Å². The number of methoxy groups -OCH3 is 1. The number of H-pyrrole nitrogens is 1. The van der Waals surface area contributed by atoms with E-state index in [9.17, 15) is 24.9 Å². The molecule has 45 heavy (non-hydrogen) atoms. The highest BCUT2D eigenvalue weighted by Gasteiger charge is 2.45. The molecule has 2 heterocycles. The Morgan fingerprint density at radius 3 is 2.64 bits per heavy atom. The van der Waals surface area contributed by atoms with Crippen molar-refractivity contribution < 1.29 is 29.6 Å². The van der Waals surface area contributed by atoms with Crippen molar-refractivity contribution in [3.05, 3.63) is 82.5 Å². The third kappa shape index (κ3) is 7.20. The Kier molecular flexibility index (Phi) is 10.5. The van der Waals surface area contributed by atoms with Crippen LogP contribution in [-0.4, -0.2) is 58.2 Å². The number of ether oxygens (including phenoxy) is 1. The Morgan fingerprint density at radius 1 is 1.16 bits per heavy atom. The molecule has 0 amide bonds. The molecular formula is C36H47N3O6. The molecule has 3 atom stereocenters. The van der Waals surface area contributed by atoms with Crippen molar-refractivity contribution in [1.29, 1.82) is 0 Å². The Labute approximate surface area is 265 Å². The molecule has 9 nitrogen and oxygen atoms in total. The van der Waals surface area contributed by atoms with Crippen molar-refractivity contribution >= 4 is 11.6 Å². The van der Waals surface area contributed by atoms with E-state index in [0.29, 0.717) is 42.3 Å². The maximum atomic E-state index is 12.9. The van der Waals surface area contributed by atoms with Crippen LogP contribution in [-0.2, 0) is 22.4 Å². The highest BCUT2D eigenvalue weighted by molar-refractivity contribution is 6.05. The molecular weight excluding hydrogens is 570 g/mol. The van der Waals surface area contributed by atoms with Crippen molar-refractivity contribution in [3.8, 4) is 11.5 Å². The summed E-state index contributed by atoms with van der Waals surface area (Å²) in [6, 6.07) is 7.38. The highest BCUT2D eigenvalue weighted by atomic mass is 16.5. The standard InChI is InChI=1S/C36H47N3O6/c1-45-31-20-24(12-13-30(42)34(44)29(41)11-5-9-23-7-3-2-4-8-23)19-28(33(31)43)32-26-15-18-39-35(37)27(26)14-16-36(32,22-40)21-25-10-6-17-38-25/h6,10,14-17,19-20,23,32,34,38-40,43-44H,2-5,7-9,11-13,18,21-22,37H2,1H3/t32-,34+,36-/m0/s1. The number of Topliss-reactive ketones (excluding diaryl/α,β-unsaturated/α-hetero) is 2. The number of hydrogen-bond acceptors (Lipinski definition) is 8. The number of rotatable bonds is 14. The number of ketones is 2. The van der Waals surface area contributed by atoms with Crippen LogP contribution < -0.4 is 15.8 Å². The van der Waals surface area contributed by atoms with Crippen LogP contribution >= 0.6 is 0 Å². The smallest absolute Gasteiger partial charge is 0.170 e. The van der Waals surface area contributed by atoms with Gasteiger partial charge in [-0.1, -0.05) is 62.8 Å². The third-order valence-corrected chi connectivity index (χ3v) is 9.89. The van der Waals surface area contributed by atoms with E-state index >= 15 is 0 Å². The van der Waals surface area contributed by atoms with E-state index in [2.05, 4.69) is 10.3 Å². The molecule has 0 bridgehead atoms. The maximum absolute atomic E-state index is 12.9. The minimum atomic E-state index is -1.63. The average molecular weight is 618 g/mol. The molecule has 2 aliphatic carbocycles. The third-order valence-electron chi connectivity index (χ3n) is 9.89. The van der Waals surface area contributed by atoms with Crippen molar-refractivity contribution in [2.45, 2.75) is 82.7 Å². The number of nitrogens with one attached hydrogen (secondary N) is 2. The molecule has 0 unspecified atom stereocenters. The molecule has 0 radical (unpaired) electrons. The van der Waals surface area contributed by atoms with E-state index in [4.69, 9.17) is 10.5 Å². The summed E-state index contributed by atoms with van der Waals surface area (Å²) < 4.78 is 5.58. The second kappa shape index (κ2) is 14.5. The number of fused-ring (bicyclic) bond motifs is 1. The van der Waals surface area contributed by atoms with Gasteiger partial charge in [-0.25, -0.2) is 0 Å². The van der Waals surface area contributed by atoms with Gasteiger partial charge in [-0.15, -0.1) is 0 Å². The van der Waals surface area contributed by atoms with Gasteiger partial charge in [0.05, 0.1) is 13.7 Å². The fourth-order valence-electron chi connectivity index (χ4n) is 7.39. The molecule has 1 aliphatic heterocycles. The normalized spacial score (nSPS) is 22.4. The predicted octanol–water partition coefficient (Wildman–Crippen LogP) is 4.49. The number of phenols is 1. The quantitative estimate of drug-likeness (QED) is 0.169. The topological polar surface area (TPSA) is 158 Å². The summed E-state index contributed by atoms with van der Waals surface area (Å²) in [5.41, 5.74) is 9.39. The number of aliphatic hydroxyl groups excluding tert-OH is 2. The van der Waals surface area contributed by atoms with Crippen molar-refractivity contribution in [3.63, 3.8) is 0 Å². The average Bonchev–Trinajstić information content (AvgIpc) is 3.57. The van der Waals surface area contributed by atoms with Gasteiger partial charge in [0.25, 0.3) is 0 Å². The molecule has 1 fully saturated rings. The predicted molar refractivity (Wildman–Crippen MR) is 173 cm³/mol. The lowest BCUT2D eigenvalue weighted by Gasteiger charge is -2.43. The van der Waals surface area contributed by atoms with Crippen LogP contribution in [0.2, 0.25) is 0 Å². The molecule has 3 aliphatic rings. The molecule has 5 rings (SSSR count). The first-order valence-electron chi connectivity index (χ1n) is 16.3. The largest absolute Gasteiger partial charge is 0.504 e. The molecule has 1 saturated carbocycles. The molecule has 2 aromatic rings. The minimum absolute atomic E-state index is 0.0359. The number of benzene rings is 1. The summed E-state index contributed by atoms with van der Waals surface area (Å²) >= 11 is 0. The fourth-order valence-corrected chi connectivity index (χ4v) is 7.39. The maximum Gasteiger partial charge on any atom is 0.170 e. The number of allylic oxidation sites excluding steroid dienone is 3. The number of carbonyl (C=O) groups is 2. The van der Waals surface area contributed by atoms with E-state index in [1.165, 1.54) is 39.2 Å². The number of hydrogen-bond donors (Lipinski definition) is 6. The first-order chi connectivity index (χ1) is 21.8. The van der Waals surface area contributed by atoms with E-state index in [0.717, 1.165) is 23.3 Å². The molecule has 0 saturated heterocycles. The van der Waals surface area contributed by atoms with Crippen LogP contribution in [0, 0.1) is 11.3 Å². The van der Waals surface area contributed by atoms with Crippen LogP contribution in [0.1, 0.15) is 80.5 Å². The van der Waals surface area contributed by atoms with Crippen molar-refractivity contribution in [2.75, 3.05) is 20.3 Å². The number of aromatic hydroxyl groups is 1. The van der Waals surface area contributed by atoms with Gasteiger partial charge in [0.1, 0.15) is 5.82 Å². The van der Waals surface area contributed by atoms with Crippen LogP contribution in [0.4, 0.5) is 0 Å². The minimum Gasteiger partial charge on any atom is -0.504 e. The first kappa shape index (κ1) is 32.6. The molecule has 9 heteroatoms. The highest BCUT2D eigenvalue weighted by Crippen LogP contribution is 2.54. The summed E-state index contributed by atoms with van der Waals surface area (Å²) in [4.78, 5) is 28.8. The van der Waals surface area contributed by atoms with Gasteiger partial charge < -0.3 is 36.1 Å². The lowest BCUT2D eigenvalue weighted by atomic mass is 9.61. The summed E-state index contributed by atoms with van der Waals surface area (Å²) in [5, 5.41) is 36.2. The van der Waals surface area contributed by atoms with Gasteiger partial charge in [-0.3, -0.25) is 9.59 Å². The van der Waals surface area contributed by atoms with E-state index < -0.39 is 29.0 Å². The van der Waals surface area contributed by atoms with Gasteiger partial charge in [-0.2, -0.15) is 0 Å². The van der Waals surface area contributed by atoms with Gasteiger partial charge >= 0.3 is 0 Å². The number of aliphatic hydroxyl groups is 2. The van der Waals surface area contributed by atoms with Crippen molar-refractivity contribution in [2.24, 2.45) is 17.1 Å². The van der Waals surface area contributed by atoms with Gasteiger partial charge in [0.15, 0.2) is 29.2 Å². The second-order valence-electron chi connectivity index (χ2n) is 12.9. The summed E-state index contributed by atoms with van der Waals surface area (Å²) in [6.45, 7) is 0.294. The summed E-state index contributed by atoms with van der Waals surface area (Å²) in [6.07, 6.45) is 14.8. The number of aryl methyl sites for hydroxylation is 1. The SMILES string of the molecule is COc1cc(CCC(=O)[C@H](O)C(=O)CCCC2CCCCC2)cc([C@@H]2C3=CCNC(N)=C3C=C[C@@]2(CO)Cc2ccc[nH]2)c1O. The Balaban J connectivity index is 1.37. The van der Waals surface area contributed by atoms with E-state index in [-0.39, 0.29) is 37.4 Å². The lowest BCUT2D eigenvalue weighted by molar-refractivity contribution is -0.138. The van der Waals surface area contributed by atoms with Crippen LogP contribution in [0.3, 0.4) is 0 Å². The van der Waals surface area contributed by atoms with Gasteiger partial charge in [0.2, 0.25) is 0 Å². The number of aromatic amines is 1. The summed E-state index contributed by atoms with van der Waals surface area (Å²) in [5.74, 6) is -0.0684.